The van der Waals surface area contributed by atoms with Crippen LogP contribution >= 0.6 is 11.6 Å². The van der Waals surface area contributed by atoms with Crippen molar-refractivity contribution in [3.63, 3.8) is 0 Å². The molecule has 2 aromatic rings. The summed E-state index contributed by atoms with van der Waals surface area (Å²) in [4.78, 5) is 17.0. The zero-order valence-corrected chi connectivity index (χ0v) is 15.2. The molecule has 0 bridgehead atoms. The molecule has 2 fully saturated rings. The lowest BCUT2D eigenvalue weighted by Crippen LogP contribution is -2.36. The van der Waals surface area contributed by atoms with Gasteiger partial charge in [-0.3, -0.25) is 4.90 Å². The maximum atomic E-state index is 12.6. The highest BCUT2D eigenvalue weighted by Crippen LogP contribution is 2.40. The van der Waals surface area contributed by atoms with Crippen LogP contribution in [0.3, 0.4) is 0 Å². The van der Waals surface area contributed by atoms with Gasteiger partial charge in [-0.05, 0) is 49.6 Å². The van der Waals surface area contributed by atoms with Crippen LogP contribution in [0.1, 0.15) is 24.0 Å². The normalized spacial score (nSPS) is 23.7. The zero-order chi connectivity index (χ0) is 17.4. The molecule has 2 saturated heterocycles. The third kappa shape index (κ3) is 3.44. The predicted octanol–water partition coefficient (Wildman–Crippen LogP) is 3.41. The van der Waals surface area contributed by atoms with Crippen molar-refractivity contribution in [2.45, 2.75) is 26.3 Å². The summed E-state index contributed by atoms with van der Waals surface area (Å²) >= 11 is 6.09. The summed E-state index contributed by atoms with van der Waals surface area (Å²) in [7, 11) is 0. The SMILES string of the molecule is Cc1cnn(C(=O)N2CCC3(CCN(Cc4cccc(Cl)c4)C3)C2)c1. The Morgan fingerprint density at radius 2 is 2.12 bits per heavy atom. The summed E-state index contributed by atoms with van der Waals surface area (Å²) < 4.78 is 1.47. The van der Waals surface area contributed by atoms with E-state index in [4.69, 9.17) is 11.6 Å². The number of aromatic nitrogens is 2. The van der Waals surface area contributed by atoms with E-state index in [1.807, 2.05) is 30.0 Å². The van der Waals surface area contributed by atoms with Gasteiger partial charge in [0, 0.05) is 42.8 Å². The molecule has 4 rings (SSSR count). The second-order valence-corrected chi connectivity index (χ2v) is 7.94. The molecular formula is C19H23ClN4O. The molecular weight excluding hydrogens is 336 g/mol. The third-order valence-corrected chi connectivity index (χ3v) is 5.66. The highest BCUT2D eigenvalue weighted by atomic mass is 35.5. The van der Waals surface area contributed by atoms with E-state index in [1.54, 1.807) is 12.4 Å². The molecule has 0 N–H and O–H groups in total. The molecule has 1 amide bonds. The fourth-order valence-corrected chi connectivity index (χ4v) is 4.36. The molecule has 0 saturated carbocycles. The molecule has 1 aromatic heterocycles. The first kappa shape index (κ1) is 16.6. The number of hydrogen-bond acceptors (Lipinski definition) is 3. The predicted molar refractivity (Wildman–Crippen MR) is 97.7 cm³/mol. The summed E-state index contributed by atoms with van der Waals surface area (Å²) in [5.41, 5.74) is 2.49. The average molecular weight is 359 g/mol. The summed E-state index contributed by atoms with van der Waals surface area (Å²) in [5.74, 6) is 0. The Hall–Kier alpha value is -1.85. The minimum absolute atomic E-state index is 0.00161. The minimum atomic E-state index is -0.00161. The maximum Gasteiger partial charge on any atom is 0.344 e. The number of halogens is 1. The number of nitrogens with zero attached hydrogens (tertiary/aromatic N) is 4. The van der Waals surface area contributed by atoms with Crippen LogP contribution < -0.4 is 0 Å². The van der Waals surface area contributed by atoms with E-state index >= 15 is 0 Å². The maximum absolute atomic E-state index is 12.6. The van der Waals surface area contributed by atoms with Gasteiger partial charge in [0.2, 0.25) is 0 Å². The fraction of sp³-hybridized carbons (Fsp3) is 0.474. The van der Waals surface area contributed by atoms with E-state index in [-0.39, 0.29) is 11.4 Å². The minimum Gasteiger partial charge on any atom is -0.322 e. The largest absolute Gasteiger partial charge is 0.344 e. The number of benzene rings is 1. The number of aryl methyl sites for hydroxylation is 1. The first-order valence-electron chi connectivity index (χ1n) is 8.80. The molecule has 1 unspecified atom stereocenters. The number of likely N-dealkylation sites (tertiary alicyclic amines) is 2. The number of amides is 1. The lowest BCUT2D eigenvalue weighted by Gasteiger charge is -2.24. The van der Waals surface area contributed by atoms with Gasteiger partial charge in [-0.2, -0.15) is 9.78 Å². The molecule has 0 aliphatic carbocycles. The summed E-state index contributed by atoms with van der Waals surface area (Å²) in [6, 6.07) is 8.08. The number of carbonyl (C=O) groups excluding carboxylic acids is 1. The average Bonchev–Trinajstić information content (AvgIpc) is 3.29. The summed E-state index contributed by atoms with van der Waals surface area (Å²) in [5, 5.41) is 4.95. The van der Waals surface area contributed by atoms with E-state index in [2.05, 4.69) is 16.1 Å². The van der Waals surface area contributed by atoms with Gasteiger partial charge in [0.25, 0.3) is 0 Å². The first-order chi connectivity index (χ1) is 12.0. The van der Waals surface area contributed by atoms with Crippen LogP contribution in [0.5, 0.6) is 0 Å². The summed E-state index contributed by atoms with van der Waals surface area (Å²) in [6.07, 6.45) is 5.75. The summed E-state index contributed by atoms with van der Waals surface area (Å²) in [6.45, 7) is 6.65. The molecule has 1 spiro atoms. The van der Waals surface area contributed by atoms with Gasteiger partial charge in [0.15, 0.2) is 0 Å². The van der Waals surface area contributed by atoms with Crippen molar-refractivity contribution in [3.05, 3.63) is 52.8 Å². The molecule has 2 aliphatic heterocycles. The Kier molecular flexibility index (Phi) is 4.29. The van der Waals surface area contributed by atoms with Gasteiger partial charge in [-0.15, -0.1) is 0 Å². The third-order valence-electron chi connectivity index (χ3n) is 5.43. The van der Waals surface area contributed by atoms with Crippen molar-refractivity contribution in [1.29, 1.82) is 0 Å². The Morgan fingerprint density at radius 1 is 1.28 bits per heavy atom. The fourth-order valence-electron chi connectivity index (χ4n) is 4.15. The van der Waals surface area contributed by atoms with Crippen molar-refractivity contribution in [1.82, 2.24) is 19.6 Å². The van der Waals surface area contributed by atoms with Gasteiger partial charge in [-0.25, -0.2) is 4.79 Å². The van der Waals surface area contributed by atoms with E-state index in [9.17, 15) is 4.79 Å². The topological polar surface area (TPSA) is 41.4 Å². The van der Waals surface area contributed by atoms with E-state index in [1.165, 1.54) is 10.2 Å². The molecule has 132 valence electrons. The number of rotatable bonds is 2. The van der Waals surface area contributed by atoms with Gasteiger partial charge < -0.3 is 4.90 Å². The van der Waals surface area contributed by atoms with E-state index in [0.717, 1.165) is 56.2 Å². The molecule has 1 atom stereocenters. The van der Waals surface area contributed by atoms with Crippen molar-refractivity contribution in [2.24, 2.45) is 5.41 Å². The Labute approximate surface area is 153 Å². The van der Waals surface area contributed by atoms with Gasteiger partial charge in [0.1, 0.15) is 0 Å². The van der Waals surface area contributed by atoms with Crippen LogP contribution in [0.4, 0.5) is 4.79 Å². The highest BCUT2D eigenvalue weighted by molar-refractivity contribution is 6.30. The van der Waals surface area contributed by atoms with E-state index < -0.39 is 0 Å². The van der Waals surface area contributed by atoms with Crippen LogP contribution in [-0.2, 0) is 6.54 Å². The lowest BCUT2D eigenvalue weighted by molar-refractivity contribution is 0.196. The van der Waals surface area contributed by atoms with Crippen LogP contribution in [0.2, 0.25) is 5.02 Å². The molecule has 0 radical (unpaired) electrons. The van der Waals surface area contributed by atoms with Crippen LogP contribution in [0, 0.1) is 12.3 Å². The Bertz CT molecular complexity index is 789. The lowest BCUT2D eigenvalue weighted by atomic mass is 9.86. The van der Waals surface area contributed by atoms with Crippen molar-refractivity contribution in [2.75, 3.05) is 26.2 Å². The smallest absolute Gasteiger partial charge is 0.322 e. The van der Waals surface area contributed by atoms with Crippen molar-refractivity contribution in [3.8, 4) is 0 Å². The monoisotopic (exact) mass is 358 g/mol. The Morgan fingerprint density at radius 3 is 2.88 bits per heavy atom. The molecule has 6 heteroatoms. The van der Waals surface area contributed by atoms with E-state index in [0.29, 0.717) is 0 Å². The van der Waals surface area contributed by atoms with Crippen LogP contribution in [0.15, 0.2) is 36.7 Å². The van der Waals surface area contributed by atoms with Gasteiger partial charge >= 0.3 is 6.03 Å². The second kappa shape index (κ2) is 6.46. The van der Waals surface area contributed by atoms with Gasteiger partial charge in [0.05, 0.1) is 6.20 Å². The molecule has 5 nitrogen and oxygen atoms in total. The molecule has 25 heavy (non-hydrogen) atoms. The second-order valence-electron chi connectivity index (χ2n) is 7.51. The standard InChI is InChI=1S/C19H23ClN4O/c1-15-10-21-24(11-15)18(25)23-8-6-19(14-23)5-7-22(13-19)12-16-3-2-4-17(20)9-16/h2-4,9-11H,5-8,12-14H2,1H3. The van der Waals surface area contributed by atoms with Crippen molar-refractivity contribution < 1.29 is 4.79 Å². The van der Waals surface area contributed by atoms with Crippen LogP contribution in [0.25, 0.3) is 0 Å². The quantitative estimate of drug-likeness (QED) is 0.826. The molecule has 1 aromatic carbocycles. The Balaban J connectivity index is 1.38. The zero-order valence-electron chi connectivity index (χ0n) is 14.5. The van der Waals surface area contributed by atoms with Crippen LogP contribution in [-0.4, -0.2) is 51.8 Å². The first-order valence-corrected chi connectivity index (χ1v) is 9.18. The van der Waals surface area contributed by atoms with Gasteiger partial charge in [-0.1, -0.05) is 23.7 Å². The molecule has 3 heterocycles. The highest BCUT2D eigenvalue weighted by Gasteiger charge is 2.44. The number of hydrogen-bond donors (Lipinski definition) is 0. The molecule has 2 aliphatic rings. The number of carbonyl (C=O) groups is 1. The van der Waals surface area contributed by atoms with Crippen molar-refractivity contribution >= 4 is 17.6 Å².